The van der Waals surface area contributed by atoms with Crippen molar-refractivity contribution in [3.8, 4) is 0 Å². The summed E-state index contributed by atoms with van der Waals surface area (Å²) < 4.78 is 18.0. The van der Waals surface area contributed by atoms with Gasteiger partial charge in [0.2, 0.25) is 0 Å². The second-order valence-electron chi connectivity index (χ2n) is 0.401. The Bertz CT molecular complexity index is 65.7. The average molecular weight is 277 g/mol. The number of rotatable bonds is 0. The second-order valence-corrected chi connectivity index (χ2v) is 1.20. The van der Waals surface area contributed by atoms with Crippen molar-refractivity contribution in [2.45, 2.75) is 0 Å². The summed E-state index contributed by atoms with van der Waals surface area (Å²) in [6.07, 6.45) is 1.08. The van der Waals surface area contributed by atoms with Crippen molar-refractivity contribution in [1.29, 1.82) is 0 Å². The Balaban J connectivity index is -0.00000000750. The van der Waals surface area contributed by atoms with Crippen molar-refractivity contribution in [3.63, 3.8) is 0 Å². The molecule has 0 N–H and O–H groups in total. The molecule has 2 nitrogen and oxygen atoms in total. The minimum Gasteiger partial charge on any atom is -1.00 e. The van der Waals surface area contributed by atoms with Gasteiger partial charge in [-0.1, -0.05) is 17.0 Å². The molecule has 0 aliphatic carbocycles. The van der Waals surface area contributed by atoms with E-state index in [0.717, 1.165) is 6.26 Å². The minimum atomic E-state index is -1.86. The molecule has 0 aliphatic rings. The standard InChI is InChI=1S/CH3O2S.3ClH.Zr/c1-4(2)3;;;;/h1H3;3*1H;/q-1;;;;+4/p-3. The van der Waals surface area contributed by atoms with Gasteiger partial charge in [0.25, 0.3) is 0 Å². The van der Waals surface area contributed by atoms with Crippen molar-refractivity contribution >= 4 is 10.7 Å². The maximum absolute atomic E-state index is 9.00. The molecule has 0 aromatic rings. The molecule has 0 radical (unpaired) electrons. The second kappa shape index (κ2) is 23.3. The smallest absolute Gasteiger partial charge is 1.00 e. The molecule has 0 amide bonds. The van der Waals surface area contributed by atoms with E-state index in [1.54, 1.807) is 0 Å². The first kappa shape index (κ1) is 33.2. The van der Waals surface area contributed by atoms with E-state index < -0.39 is 10.7 Å². The van der Waals surface area contributed by atoms with E-state index in [4.69, 9.17) is 8.42 Å². The van der Waals surface area contributed by atoms with E-state index in [1.807, 2.05) is 0 Å². The summed E-state index contributed by atoms with van der Waals surface area (Å²) in [4.78, 5) is 0. The van der Waals surface area contributed by atoms with E-state index in [1.165, 1.54) is 0 Å². The minimum absolute atomic E-state index is 0. The number of hydrogen-bond donors (Lipinski definition) is 0. The topological polar surface area (TPSA) is 34.1 Å². The van der Waals surface area contributed by atoms with Crippen LogP contribution in [0.5, 0.6) is 0 Å². The Morgan fingerprint density at radius 2 is 1.00 bits per heavy atom. The predicted molar refractivity (Wildman–Crippen MR) is 14.7 cm³/mol. The molecule has 0 aromatic heterocycles. The van der Waals surface area contributed by atoms with E-state index in [9.17, 15) is 0 Å². The molecule has 0 spiro atoms. The molecule has 0 aliphatic heterocycles. The molecule has 0 unspecified atom stereocenters. The SMILES string of the molecule is C[S-](=O)=O.[Cl-].[Cl-].[Cl-].[Zr+4]. The van der Waals surface area contributed by atoms with Crippen molar-refractivity contribution in [2.24, 2.45) is 0 Å². The zero-order valence-electron chi connectivity index (χ0n) is 3.86. The van der Waals surface area contributed by atoms with Crippen LogP contribution in [0.2, 0.25) is 0 Å². The van der Waals surface area contributed by atoms with Crippen LogP contribution in [0.1, 0.15) is 0 Å². The molecule has 0 saturated carbocycles. The Hall–Kier alpha value is 1.70. The maximum atomic E-state index is 9.00. The molecule has 0 fully saturated rings. The van der Waals surface area contributed by atoms with Crippen LogP contribution < -0.4 is 37.2 Å². The van der Waals surface area contributed by atoms with Crippen molar-refractivity contribution < 1.29 is 71.8 Å². The molecule has 8 heavy (non-hydrogen) atoms. The van der Waals surface area contributed by atoms with Gasteiger partial charge in [-0.25, -0.2) is 0 Å². The molecule has 0 atom stereocenters. The monoisotopic (exact) mass is 274 g/mol. The van der Waals surface area contributed by atoms with Crippen LogP contribution in [0.3, 0.4) is 0 Å². The van der Waals surface area contributed by atoms with Crippen molar-refractivity contribution in [1.82, 2.24) is 0 Å². The van der Waals surface area contributed by atoms with Gasteiger partial charge in [0.15, 0.2) is 0 Å². The molecule has 7 heteroatoms. The summed E-state index contributed by atoms with van der Waals surface area (Å²) in [5.41, 5.74) is 0. The van der Waals surface area contributed by atoms with Gasteiger partial charge >= 0.3 is 26.2 Å². The zero-order chi connectivity index (χ0) is 3.58. The molecular formula is CH3Cl3O2SZr. The summed E-state index contributed by atoms with van der Waals surface area (Å²) in [7, 11) is -1.86. The van der Waals surface area contributed by atoms with E-state index in [0.29, 0.717) is 0 Å². The molecule has 50 valence electrons. The third kappa shape index (κ3) is 119. The maximum Gasteiger partial charge on any atom is 4.00 e. The van der Waals surface area contributed by atoms with Crippen molar-refractivity contribution in [3.05, 3.63) is 0 Å². The summed E-state index contributed by atoms with van der Waals surface area (Å²) in [6.45, 7) is 0. The van der Waals surface area contributed by atoms with E-state index >= 15 is 0 Å². The third-order valence-electron chi connectivity index (χ3n) is 0. The van der Waals surface area contributed by atoms with Gasteiger partial charge in [-0.2, -0.15) is 0 Å². The zero-order valence-corrected chi connectivity index (χ0v) is 9.40. The summed E-state index contributed by atoms with van der Waals surface area (Å²) in [5, 5.41) is 0. The van der Waals surface area contributed by atoms with E-state index in [2.05, 4.69) is 0 Å². The summed E-state index contributed by atoms with van der Waals surface area (Å²) in [5.74, 6) is 0. The van der Waals surface area contributed by atoms with Gasteiger partial charge in [-0.05, 0) is 0 Å². The Labute approximate surface area is 88.1 Å². The molecule has 0 aromatic carbocycles. The van der Waals surface area contributed by atoms with Gasteiger partial charge in [0.05, 0.1) is 0 Å². The van der Waals surface area contributed by atoms with E-state index in [-0.39, 0.29) is 63.4 Å². The van der Waals surface area contributed by atoms with Crippen LogP contribution >= 0.6 is 0 Å². The van der Waals surface area contributed by atoms with Gasteiger partial charge in [-0.15, -0.1) is 0 Å². The van der Waals surface area contributed by atoms with Crippen molar-refractivity contribution in [2.75, 3.05) is 6.26 Å². The van der Waals surface area contributed by atoms with Crippen LogP contribution in [-0.4, -0.2) is 6.26 Å². The Kier molecular flexibility index (Phi) is 97.0. The predicted octanol–water partition coefficient (Wildman–Crippen LogP) is -9.07. The largest absolute Gasteiger partial charge is 4.00 e. The van der Waals surface area contributed by atoms with Crippen LogP contribution in [0.4, 0.5) is 0 Å². The van der Waals surface area contributed by atoms with Crippen LogP contribution in [0, 0.1) is 0 Å². The first-order valence-electron chi connectivity index (χ1n) is 0.742. The summed E-state index contributed by atoms with van der Waals surface area (Å²) in [6, 6.07) is 0. The van der Waals surface area contributed by atoms with Gasteiger partial charge < -0.3 is 45.6 Å². The Morgan fingerprint density at radius 1 is 1.00 bits per heavy atom. The third-order valence-corrected chi connectivity index (χ3v) is 0. The molecule has 0 saturated heterocycles. The fraction of sp³-hybridized carbons (Fsp3) is 1.00. The summed E-state index contributed by atoms with van der Waals surface area (Å²) >= 11 is 0. The molecule has 0 rings (SSSR count). The Morgan fingerprint density at radius 3 is 1.00 bits per heavy atom. The van der Waals surface area contributed by atoms with Gasteiger partial charge in [-0.3, -0.25) is 0 Å². The number of halogens is 3. The fourth-order valence-electron chi connectivity index (χ4n) is 0. The molecule has 0 heterocycles. The quantitative estimate of drug-likeness (QED) is 0.412. The average Bonchev–Trinajstić information content (AvgIpc) is 0.811. The number of hydrogen-bond acceptors (Lipinski definition) is 3. The molecule has 0 bridgehead atoms. The van der Waals surface area contributed by atoms with Gasteiger partial charge in [0.1, 0.15) is 0 Å². The normalized spacial score (nSPS) is 4.25. The fourth-order valence-corrected chi connectivity index (χ4v) is 0. The van der Waals surface area contributed by atoms with Crippen LogP contribution in [0.15, 0.2) is 0 Å². The van der Waals surface area contributed by atoms with Crippen LogP contribution in [0.25, 0.3) is 0 Å². The van der Waals surface area contributed by atoms with Crippen LogP contribution in [-0.2, 0) is 45.3 Å². The first-order chi connectivity index (χ1) is 1.73. The first-order valence-corrected chi connectivity index (χ1v) is 2.22. The molecular weight excluding hydrogens is 274 g/mol. The van der Waals surface area contributed by atoms with Gasteiger partial charge in [0, 0.05) is 0 Å².